The molecule has 3 rings (SSSR count). The third-order valence-corrected chi connectivity index (χ3v) is 3.35. The van der Waals surface area contributed by atoms with Crippen molar-refractivity contribution in [2.75, 3.05) is 7.11 Å². The number of ether oxygens (including phenoxy) is 1. The third-order valence-electron chi connectivity index (χ3n) is 3.35. The molecule has 20 heavy (non-hydrogen) atoms. The van der Waals surface area contributed by atoms with E-state index in [2.05, 4.69) is 0 Å². The van der Waals surface area contributed by atoms with Gasteiger partial charge in [-0.25, -0.2) is 0 Å². The van der Waals surface area contributed by atoms with Crippen LogP contribution in [0.15, 0.2) is 30.3 Å². The molecule has 5 nitrogen and oxygen atoms in total. The van der Waals surface area contributed by atoms with Crippen LogP contribution in [0.1, 0.15) is 31.8 Å². The lowest BCUT2D eigenvalue weighted by Crippen LogP contribution is -2.21. The number of phenolic OH excluding ortho intramolecular Hbond substituents is 2. The van der Waals surface area contributed by atoms with Crippen LogP contribution in [0.5, 0.6) is 17.2 Å². The van der Waals surface area contributed by atoms with E-state index in [1.807, 2.05) is 0 Å². The summed E-state index contributed by atoms with van der Waals surface area (Å²) >= 11 is 0. The van der Waals surface area contributed by atoms with Gasteiger partial charge >= 0.3 is 0 Å². The SMILES string of the molecule is COc1ccc2c(c1O)C(=O)c1cccc(O)c1C2=O. The fourth-order valence-electron chi connectivity index (χ4n) is 2.39. The minimum Gasteiger partial charge on any atom is -0.507 e. The van der Waals surface area contributed by atoms with E-state index < -0.39 is 11.6 Å². The lowest BCUT2D eigenvalue weighted by molar-refractivity contribution is 0.0973. The number of benzene rings is 2. The van der Waals surface area contributed by atoms with Gasteiger partial charge in [-0.2, -0.15) is 0 Å². The minimum atomic E-state index is -0.512. The van der Waals surface area contributed by atoms with Crippen molar-refractivity contribution in [1.82, 2.24) is 0 Å². The van der Waals surface area contributed by atoms with Crippen LogP contribution in [0.2, 0.25) is 0 Å². The summed E-state index contributed by atoms with van der Waals surface area (Å²) in [5, 5.41) is 19.8. The van der Waals surface area contributed by atoms with E-state index in [4.69, 9.17) is 4.74 Å². The maximum atomic E-state index is 12.4. The molecule has 2 N–H and O–H groups in total. The fraction of sp³-hybridized carbons (Fsp3) is 0.0667. The maximum Gasteiger partial charge on any atom is 0.198 e. The van der Waals surface area contributed by atoms with Gasteiger partial charge in [-0.05, 0) is 18.2 Å². The largest absolute Gasteiger partial charge is 0.507 e. The number of rotatable bonds is 1. The first-order chi connectivity index (χ1) is 9.56. The number of hydrogen-bond acceptors (Lipinski definition) is 5. The van der Waals surface area contributed by atoms with E-state index in [-0.39, 0.29) is 39.5 Å². The number of phenols is 2. The molecule has 0 unspecified atom stereocenters. The highest BCUT2D eigenvalue weighted by molar-refractivity contribution is 6.30. The highest BCUT2D eigenvalue weighted by Gasteiger charge is 2.34. The van der Waals surface area contributed by atoms with Crippen molar-refractivity contribution < 1.29 is 24.5 Å². The van der Waals surface area contributed by atoms with Crippen molar-refractivity contribution in [2.45, 2.75) is 0 Å². The second-order valence-corrected chi connectivity index (χ2v) is 4.40. The zero-order valence-corrected chi connectivity index (χ0v) is 10.5. The summed E-state index contributed by atoms with van der Waals surface area (Å²) < 4.78 is 4.94. The van der Waals surface area contributed by atoms with E-state index in [0.717, 1.165) is 0 Å². The fourth-order valence-corrected chi connectivity index (χ4v) is 2.39. The molecule has 0 heterocycles. The molecule has 0 amide bonds. The summed E-state index contributed by atoms with van der Waals surface area (Å²) in [6.45, 7) is 0. The predicted molar refractivity (Wildman–Crippen MR) is 69.6 cm³/mol. The summed E-state index contributed by atoms with van der Waals surface area (Å²) in [5.74, 6) is -1.50. The van der Waals surface area contributed by atoms with Crippen LogP contribution >= 0.6 is 0 Å². The molecule has 1 aliphatic carbocycles. The first-order valence-corrected chi connectivity index (χ1v) is 5.87. The van der Waals surface area contributed by atoms with Gasteiger partial charge in [-0.15, -0.1) is 0 Å². The topological polar surface area (TPSA) is 83.8 Å². The van der Waals surface area contributed by atoms with E-state index in [0.29, 0.717) is 0 Å². The molecule has 0 spiro atoms. The van der Waals surface area contributed by atoms with Crippen LogP contribution in [-0.4, -0.2) is 28.9 Å². The predicted octanol–water partition coefficient (Wildman–Crippen LogP) is 1.88. The van der Waals surface area contributed by atoms with Crippen LogP contribution in [0, 0.1) is 0 Å². The van der Waals surface area contributed by atoms with Gasteiger partial charge in [0.2, 0.25) is 0 Å². The molecule has 0 fully saturated rings. The molecular formula is C15H10O5. The maximum absolute atomic E-state index is 12.4. The molecule has 0 atom stereocenters. The lowest BCUT2D eigenvalue weighted by atomic mass is 9.83. The number of carbonyl (C=O) groups is 2. The van der Waals surface area contributed by atoms with E-state index >= 15 is 0 Å². The minimum absolute atomic E-state index is 0.0328. The first kappa shape index (κ1) is 12.2. The summed E-state index contributed by atoms with van der Waals surface area (Å²) in [4.78, 5) is 24.8. The number of fused-ring (bicyclic) bond motifs is 2. The Kier molecular flexibility index (Phi) is 2.50. The van der Waals surface area contributed by atoms with Crippen molar-refractivity contribution in [1.29, 1.82) is 0 Å². The van der Waals surface area contributed by atoms with E-state index in [9.17, 15) is 19.8 Å². The molecule has 100 valence electrons. The van der Waals surface area contributed by atoms with Crippen molar-refractivity contribution in [3.63, 3.8) is 0 Å². The average Bonchev–Trinajstić information content (AvgIpc) is 2.44. The average molecular weight is 270 g/mol. The highest BCUT2D eigenvalue weighted by Crippen LogP contribution is 2.40. The third kappa shape index (κ3) is 1.43. The Morgan fingerprint density at radius 3 is 2.25 bits per heavy atom. The van der Waals surface area contributed by atoms with Crippen LogP contribution in [0.25, 0.3) is 0 Å². The molecule has 2 aromatic rings. The Labute approximate surface area is 114 Å². The molecule has 0 saturated carbocycles. The molecule has 0 saturated heterocycles. The van der Waals surface area contributed by atoms with Crippen molar-refractivity contribution >= 4 is 11.6 Å². The number of methoxy groups -OCH3 is 1. The van der Waals surface area contributed by atoms with Gasteiger partial charge in [-0.3, -0.25) is 9.59 Å². The molecule has 0 aliphatic heterocycles. The second kappa shape index (κ2) is 4.09. The molecule has 5 heteroatoms. The Morgan fingerprint density at radius 2 is 1.55 bits per heavy atom. The van der Waals surface area contributed by atoms with Gasteiger partial charge in [0.1, 0.15) is 5.75 Å². The number of aromatic hydroxyl groups is 2. The lowest BCUT2D eigenvalue weighted by Gasteiger charge is -2.19. The molecule has 0 radical (unpaired) electrons. The van der Waals surface area contributed by atoms with Gasteiger partial charge in [-0.1, -0.05) is 12.1 Å². The summed E-state index contributed by atoms with van der Waals surface area (Å²) in [7, 11) is 1.36. The van der Waals surface area contributed by atoms with Gasteiger partial charge < -0.3 is 14.9 Å². The monoisotopic (exact) mass is 270 g/mol. The first-order valence-electron chi connectivity index (χ1n) is 5.87. The molecule has 0 bridgehead atoms. The summed E-state index contributed by atoms with van der Waals surface area (Å²) in [6.07, 6.45) is 0. The number of hydrogen-bond donors (Lipinski definition) is 2. The molecule has 2 aromatic carbocycles. The van der Waals surface area contributed by atoms with E-state index in [1.54, 1.807) is 0 Å². The number of ketones is 2. The zero-order chi connectivity index (χ0) is 14.4. The Morgan fingerprint density at radius 1 is 0.900 bits per heavy atom. The molecule has 0 aromatic heterocycles. The van der Waals surface area contributed by atoms with Gasteiger partial charge in [0.25, 0.3) is 0 Å². The summed E-state index contributed by atoms with van der Waals surface area (Å²) in [6, 6.07) is 7.07. The van der Waals surface area contributed by atoms with Crippen LogP contribution in [0.4, 0.5) is 0 Å². The zero-order valence-electron chi connectivity index (χ0n) is 10.5. The molecule has 1 aliphatic rings. The van der Waals surface area contributed by atoms with Gasteiger partial charge in [0, 0.05) is 11.1 Å². The van der Waals surface area contributed by atoms with Gasteiger partial charge in [0.05, 0.1) is 18.2 Å². The van der Waals surface area contributed by atoms with Gasteiger partial charge in [0.15, 0.2) is 23.1 Å². The Hall–Kier alpha value is -2.82. The van der Waals surface area contributed by atoms with Crippen LogP contribution < -0.4 is 4.74 Å². The highest BCUT2D eigenvalue weighted by atomic mass is 16.5. The van der Waals surface area contributed by atoms with Crippen molar-refractivity contribution in [2.24, 2.45) is 0 Å². The smallest absolute Gasteiger partial charge is 0.198 e. The summed E-state index contributed by atoms with van der Waals surface area (Å²) in [5.41, 5.74) is 0.00960. The molecular weight excluding hydrogens is 260 g/mol. The van der Waals surface area contributed by atoms with Crippen molar-refractivity contribution in [3.8, 4) is 17.2 Å². The number of carbonyl (C=O) groups excluding carboxylic acids is 2. The quantitative estimate of drug-likeness (QED) is 0.705. The van der Waals surface area contributed by atoms with Crippen LogP contribution in [0.3, 0.4) is 0 Å². The normalized spacial score (nSPS) is 12.8. The van der Waals surface area contributed by atoms with Crippen LogP contribution in [-0.2, 0) is 0 Å². The van der Waals surface area contributed by atoms with E-state index in [1.165, 1.54) is 37.4 Å². The Balaban J connectivity index is 2.35. The standard InChI is InChI=1S/C15H10O5/c1-20-10-6-5-8-12(15(10)19)14(18)7-3-2-4-9(16)11(7)13(8)17/h2-6,16,19H,1H3. The van der Waals surface area contributed by atoms with Crippen molar-refractivity contribution in [3.05, 3.63) is 52.6 Å². The Bertz CT molecular complexity index is 761. The second-order valence-electron chi connectivity index (χ2n) is 4.40.